The highest BCUT2D eigenvalue weighted by Gasteiger charge is 2.32. The number of rotatable bonds is 7. The fourth-order valence-corrected chi connectivity index (χ4v) is 4.81. The largest absolute Gasteiger partial charge is 0.426 e. The maximum atomic E-state index is 12.7. The van der Waals surface area contributed by atoms with Crippen LogP contribution in [-0.2, 0) is 14.8 Å². The van der Waals surface area contributed by atoms with Gasteiger partial charge in [-0.1, -0.05) is 31.2 Å². The summed E-state index contributed by atoms with van der Waals surface area (Å²) < 4.78 is 32.3. The van der Waals surface area contributed by atoms with Gasteiger partial charge in [-0.2, -0.15) is 4.31 Å². The van der Waals surface area contributed by atoms with Gasteiger partial charge in [0.15, 0.2) is 0 Å². The molecule has 8 nitrogen and oxygen atoms in total. The zero-order valence-electron chi connectivity index (χ0n) is 17.4. The Hall–Kier alpha value is -2.91. The number of ether oxygens (including phenoxy) is 1. The molecule has 0 saturated carbocycles. The molecule has 0 radical (unpaired) electrons. The molecule has 2 aromatic carbocycles. The predicted molar refractivity (Wildman–Crippen MR) is 117 cm³/mol. The van der Waals surface area contributed by atoms with E-state index in [2.05, 4.69) is 10.6 Å². The van der Waals surface area contributed by atoms with Crippen LogP contribution in [0, 0.1) is 5.92 Å². The number of nitrogens with zero attached hydrogens (tertiary/aromatic N) is 1. The first kappa shape index (κ1) is 22.8. The molecule has 1 saturated heterocycles. The van der Waals surface area contributed by atoms with E-state index in [0.717, 1.165) is 6.42 Å². The molecule has 2 amide bonds. The number of sulfonamides is 1. The molecule has 2 N–H and O–H groups in total. The minimum Gasteiger partial charge on any atom is -0.426 e. The molecule has 0 spiro atoms. The highest BCUT2D eigenvalue weighted by molar-refractivity contribution is 7.89. The van der Waals surface area contributed by atoms with Gasteiger partial charge >= 0.3 is 12.0 Å². The Balaban J connectivity index is 1.55. The molecule has 3 rings (SSSR count). The van der Waals surface area contributed by atoms with Crippen LogP contribution in [-0.4, -0.2) is 44.4 Å². The Morgan fingerprint density at radius 3 is 2.45 bits per heavy atom. The van der Waals surface area contributed by atoms with Gasteiger partial charge in [-0.05, 0) is 43.5 Å². The van der Waals surface area contributed by atoms with Crippen molar-refractivity contribution in [2.75, 3.05) is 25.0 Å². The van der Waals surface area contributed by atoms with Crippen LogP contribution in [0.3, 0.4) is 0 Å². The molecule has 0 unspecified atom stereocenters. The fourth-order valence-electron chi connectivity index (χ4n) is 3.32. The Morgan fingerprint density at radius 1 is 1.06 bits per heavy atom. The van der Waals surface area contributed by atoms with Crippen molar-refractivity contribution in [1.82, 2.24) is 9.62 Å². The molecule has 166 valence electrons. The Labute approximate surface area is 182 Å². The van der Waals surface area contributed by atoms with Crippen molar-refractivity contribution in [2.45, 2.75) is 31.1 Å². The summed E-state index contributed by atoms with van der Waals surface area (Å²) >= 11 is 0. The van der Waals surface area contributed by atoms with E-state index in [1.807, 2.05) is 6.92 Å². The summed E-state index contributed by atoms with van der Waals surface area (Å²) in [6.07, 6.45) is 1.61. The third kappa shape index (κ3) is 6.05. The van der Waals surface area contributed by atoms with Crippen molar-refractivity contribution >= 4 is 27.7 Å². The first-order valence-corrected chi connectivity index (χ1v) is 11.8. The summed E-state index contributed by atoms with van der Waals surface area (Å²) in [4.78, 5) is 24.6. The number of urea groups is 1. The Bertz CT molecular complexity index is 1000. The van der Waals surface area contributed by atoms with Crippen LogP contribution in [0.25, 0.3) is 0 Å². The summed E-state index contributed by atoms with van der Waals surface area (Å²) in [5.41, 5.74) is 0.516. The average molecular weight is 446 g/mol. The van der Waals surface area contributed by atoms with Gasteiger partial charge in [0.05, 0.1) is 10.8 Å². The van der Waals surface area contributed by atoms with Gasteiger partial charge in [0.25, 0.3) is 0 Å². The van der Waals surface area contributed by atoms with Crippen molar-refractivity contribution in [3.63, 3.8) is 0 Å². The SMILES string of the molecule is CCCNC(=O)Nc1cccc(OC(=O)C2CCN(S(=O)(=O)c3ccccc3)CC2)c1. The lowest BCUT2D eigenvalue weighted by Crippen LogP contribution is -2.41. The highest BCUT2D eigenvalue weighted by Crippen LogP contribution is 2.26. The molecular weight excluding hydrogens is 418 g/mol. The normalized spacial score (nSPS) is 15.3. The zero-order valence-corrected chi connectivity index (χ0v) is 18.2. The quantitative estimate of drug-likeness (QED) is 0.503. The monoisotopic (exact) mass is 445 g/mol. The Morgan fingerprint density at radius 2 is 1.77 bits per heavy atom. The van der Waals surface area contributed by atoms with Gasteiger partial charge in [0.2, 0.25) is 10.0 Å². The molecule has 1 heterocycles. The third-order valence-corrected chi connectivity index (χ3v) is 6.93. The molecule has 0 aliphatic carbocycles. The molecule has 31 heavy (non-hydrogen) atoms. The van der Waals surface area contributed by atoms with Crippen LogP contribution in [0.4, 0.5) is 10.5 Å². The molecule has 0 aromatic heterocycles. The summed E-state index contributed by atoms with van der Waals surface area (Å²) in [6.45, 7) is 3.05. The zero-order chi connectivity index (χ0) is 22.3. The van der Waals surface area contributed by atoms with Crippen LogP contribution in [0.1, 0.15) is 26.2 Å². The van der Waals surface area contributed by atoms with Gasteiger partial charge < -0.3 is 15.4 Å². The first-order valence-electron chi connectivity index (χ1n) is 10.3. The molecule has 0 atom stereocenters. The fraction of sp³-hybridized carbons (Fsp3) is 0.364. The van der Waals surface area contributed by atoms with Crippen LogP contribution in [0.5, 0.6) is 5.75 Å². The number of esters is 1. The third-order valence-electron chi connectivity index (χ3n) is 5.01. The van der Waals surface area contributed by atoms with Crippen LogP contribution in [0.2, 0.25) is 0 Å². The van der Waals surface area contributed by atoms with E-state index < -0.39 is 16.0 Å². The van der Waals surface area contributed by atoms with Crippen molar-refractivity contribution < 1.29 is 22.7 Å². The number of carbonyl (C=O) groups excluding carboxylic acids is 2. The molecule has 1 aliphatic rings. The second kappa shape index (κ2) is 10.4. The summed E-state index contributed by atoms with van der Waals surface area (Å²) in [5.74, 6) is -0.450. The van der Waals surface area contributed by atoms with E-state index in [1.165, 1.54) is 4.31 Å². The van der Waals surface area contributed by atoms with Crippen LogP contribution < -0.4 is 15.4 Å². The van der Waals surface area contributed by atoms with Crippen LogP contribution in [0.15, 0.2) is 59.5 Å². The number of hydrogen-bond acceptors (Lipinski definition) is 5. The lowest BCUT2D eigenvalue weighted by Gasteiger charge is -2.30. The van der Waals surface area contributed by atoms with Gasteiger partial charge in [-0.3, -0.25) is 4.79 Å². The number of carbonyl (C=O) groups is 2. The van der Waals surface area contributed by atoms with E-state index in [0.29, 0.717) is 30.8 Å². The molecular formula is C22H27N3O5S. The van der Waals surface area contributed by atoms with E-state index in [-0.39, 0.29) is 29.9 Å². The highest BCUT2D eigenvalue weighted by atomic mass is 32.2. The van der Waals surface area contributed by atoms with Gasteiger partial charge in [0, 0.05) is 31.4 Å². The maximum absolute atomic E-state index is 12.7. The molecule has 1 fully saturated rings. The van der Waals surface area contributed by atoms with Crippen LogP contribution >= 0.6 is 0 Å². The van der Waals surface area contributed by atoms with Gasteiger partial charge in [0.1, 0.15) is 5.75 Å². The summed E-state index contributed by atoms with van der Waals surface area (Å²) in [6, 6.07) is 14.6. The smallest absolute Gasteiger partial charge is 0.319 e. The lowest BCUT2D eigenvalue weighted by molar-refractivity contribution is -0.140. The molecule has 9 heteroatoms. The number of benzene rings is 2. The summed E-state index contributed by atoms with van der Waals surface area (Å²) in [7, 11) is -3.56. The lowest BCUT2D eigenvalue weighted by atomic mass is 9.98. The number of hydrogen-bond donors (Lipinski definition) is 2. The van der Waals surface area contributed by atoms with Gasteiger partial charge in [-0.15, -0.1) is 0 Å². The molecule has 2 aromatic rings. The maximum Gasteiger partial charge on any atom is 0.319 e. The number of piperidine rings is 1. The number of amides is 2. The first-order chi connectivity index (χ1) is 14.9. The van der Waals surface area contributed by atoms with Crippen molar-refractivity contribution in [3.05, 3.63) is 54.6 Å². The summed E-state index contributed by atoms with van der Waals surface area (Å²) in [5, 5.41) is 5.40. The predicted octanol–water partition coefficient (Wildman–Crippen LogP) is 3.22. The molecule has 1 aliphatic heterocycles. The number of anilines is 1. The van der Waals surface area contributed by atoms with E-state index in [9.17, 15) is 18.0 Å². The van der Waals surface area contributed by atoms with E-state index in [4.69, 9.17) is 4.74 Å². The number of nitrogens with one attached hydrogen (secondary N) is 2. The minimum atomic E-state index is -3.56. The van der Waals surface area contributed by atoms with Crippen molar-refractivity contribution in [2.24, 2.45) is 5.92 Å². The second-order valence-electron chi connectivity index (χ2n) is 7.32. The van der Waals surface area contributed by atoms with Gasteiger partial charge in [-0.25, -0.2) is 13.2 Å². The van der Waals surface area contributed by atoms with Crippen molar-refractivity contribution in [3.8, 4) is 5.75 Å². The molecule has 0 bridgehead atoms. The van der Waals surface area contributed by atoms with Crippen molar-refractivity contribution in [1.29, 1.82) is 0 Å². The minimum absolute atomic E-state index is 0.253. The topological polar surface area (TPSA) is 105 Å². The standard InChI is InChI=1S/C22H27N3O5S/c1-2-13-23-22(27)24-18-7-6-8-19(16-18)30-21(26)17-11-14-25(15-12-17)31(28,29)20-9-4-3-5-10-20/h3-10,16-17H,2,11-15H2,1H3,(H2,23,24,27). The van der Waals surface area contributed by atoms with E-state index >= 15 is 0 Å². The second-order valence-corrected chi connectivity index (χ2v) is 9.26. The Kier molecular flexibility index (Phi) is 7.64. The average Bonchev–Trinajstić information content (AvgIpc) is 2.78. The van der Waals surface area contributed by atoms with E-state index in [1.54, 1.807) is 54.6 Å².